The Kier molecular flexibility index (Phi) is 4.21. The number of nitrogens with zero attached hydrogens (tertiary/aromatic N) is 1. The molecule has 0 spiro atoms. The summed E-state index contributed by atoms with van der Waals surface area (Å²) in [5.74, 6) is 1.68. The Hall–Kier alpha value is -0.830. The number of ether oxygens (including phenoxy) is 1. The van der Waals surface area contributed by atoms with Crippen molar-refractivity contribution in [2.75, 3.05) is 6.61 Å². The molecule has 3 heteroatoms. The summed E-state index contributed by atoms with van der Waals surface area (Å²) in [7, 11) is 0. The lowest BCUT2D eigenvalue weighted by Crippen LogP contribution is -2.15. The van der Waals surface area contributed by atoms with E-state index in [1.54, 1.807) is 0 Å². The smallest absolute Gasteiger partial charge is 0.146 e. The van der Waals surface area contributed by atoms with Crippen molar-refractivity contribution in [3.63, 3.8) is 0 Å². The molecule has 2 aliphatic rings. The number of hydrogen-bond donors (Lipinski definition) is 0. The summed E-state index contributed by atoms with van der Waals surface area (Å²) in [4.78, 5) is 4.53. The van der Waals surface area contributed by atoms with Crippen molar-refractivity contribution in [2.24, 2.45) is 10.9 Å². The molecule has 102 valence electrons. The number of rotatable bonds is 3. The molecule has 1 aliphatic heterocycles. The van der Waals surface area contributed by atoms with Crippen LogP contribution in [-0.2, 0) is 6.42 Å². The summed E-state index contributed by atoms with van der Waals surface area (Å²) in [5, 5.41) is 0. The van der Waals surface area contributed by atoms with Gasteiger partial charge in [0.15, 0.2) is 0 Å². The van der Waals surface area contributed by atoms with Crippen molar-refractivity contribution < 1.29 is 4.74 Å². The van der Waals surface area contributed by atoms with Crippen molar-refractivity contribution >= 4 is 27.8 Å². The van der Waals surface area contributed by atoms with Gasteiger partial charge in [0.05, 0.1) is 6.61 Å². The second-order valence-corrected chi connectivity index (χ2v) is 6.49. The van der Waals surface area contributed by atoms with E-state index in [-0.39, 0.29) is 0 Å². The number of hydrogen-bond acceptors (Lipinski definition) is 2. The quantitative estimate of drug-likeness (QED) is 0.762. The van der Waals surface area contributed by atoms with Crippen molar-refractivity contribution in [3.8, 4) is 5.75 Å². The lowest BCUT2D eigenvalue weighted by Gasteiger charge is -2.23. The lowest BCUT2D eigenvalue weighted by molar-refractivity contribution is 0.209. The van der Waals surface area contributed by atoms with Crippen molar-refractivity contribution in [3.05, 3.63) is 22.2 Å². The lowest BCUT2D eigenvalue weighted by atomic mass is 9.90. The van der Waals surface area contributed by atoms with Crippen LogP contribution >= 0.6 is 15.9 Å². The van der Waals surface area contributed by atoms with Crippen molar-refractivity contribution in [1.29, 1.82) is 0 Å². The van der Waals surface area contributed by atoms with Crippen LogP contribution in [0.4, 0.5) is 5.69 Å². The SMILES string of the molecule is Brc1cc2c(c(OCC3CCCCC3)c1)N=CCC2. The molecule has 1 saturated carbocycles. The average Bonchev–Trinajstić information content (AvgIpc) is 2.45. The molecular weight excluding hydrogens is 302 g/mol. The van der Waals surface area contributed by atoms with Crippen LogP contribution in [0.3, 0.4) is 0 Å². The summed E-state index contributed by atoms with van der Waals surface area (Å²) in [5.41, 5.74) is 2.35. The maximum Gasteiger partial charge on any atom is 0.146 e. The van der Waals surface area contributed by atoms with E-state index >= 15 is 0 Å². The largest absolute Gasteiger partial charge is 0.491 e. The van der Waals surface area contributed by atoms with E-state index in [1.165, 1.54) is 37.7 Å². The summed E-state index contributed by atoms with van der Waals surface area (Å²) in [6.45, 7) is 0.846. The molecule has 1 fully saturated rings. The first kappa shape index (κ1) is 13.2. The Labute approximate surface area is 123 Å². The zero-order valence-corrected chi connectivity index (χ0v) is 12.8. The predicted octanol–water partition coefficient (Wildman–Crippen LogP) is 5.06. The molecule has 0 bridgehead atoms. The molecule has 19 heavy (non-hydrogen) atoms. The van der Waals surface area contributed by atoms with Gasteiger partial charge in [-0.25, -0.2) is 0 Å². The zero-order valence-electron chi connectivity index (χ0n) is 11.2. The third-order valence-electron chi connectivity index (χ3n) is 4.08. The van der Waals surface area contributed by atoms with Crippen LogP contribution in [0.2, 0.25) is 0 Å². The molecule has 0 radical (unpaired) electrons. The second-order valence-electron chi connectivity index (χ2n) is 5.58. The van der Waals surface area contributed by atoms with Crippen LogP contribution in [-0.4, -0.2) is 12.8 Å². The van der Waals surface area contributed by atoms with Crippen LogP contribution in [0.1, 0.15) is 44.1 Å². The fourth-order valence-corrected chi connectivity index (χ4v) is 3.50. The predicted molar refractivity (Wildman–Crippen MR) is 82.7 cm³/mol. The van der Waals surface area contributed by atoms with Gasteiger partial charge in [0.1, 0.15) is 11.4 Å². The molecule has 2 nitrogen and oxygen atoms in total. The van der Waals surface area contributed by atoms with Gasteiger partial charge < -0.3 is 4.74 Å². The minimum atomic E-state index is 0.732. The maximum absolute atomic E-state index is 6.08. The van der Waals surface area contributed by atoms with Gasteiger partial charge in [0, 0.05) is 10.7 Å². The van der Waals surface area contributed by atoms with Crippen LogP contribution in [0, 0.1) is 5.92 Å². The summed E-state index contributed by atoms with van der Waals surface area (Å²) >= 11 is 3.58. The van der Waals surface area contributed by atoms with Gasteiger partial charge in [-0.05, 0) is 49.3 Å². The fraction of sp³-hybridized carbons (Fsp3) is 0.562. The van der Waals surface area contributed by atoms with Gasteiger partial charge in [-0.15, -0.1) is 0 Å². The zero-order chi connectivity index (χ0) is 13.1. The topological polar surface area (TPSA) is 21.6 Å². The van der Waals surface area contributed by atoms with Gasteiger partial charge in [-0.3, -0.25) is 4.99 Å². The van der Waals surface area contributed by atoms with Crippen molar-refractivity contribution in [1.82, 2.24) is 0 Å². The average molecular weight is 322 g/mol. The molecule has 0 aromatic heterocycles. The third-order valence-corrected chi connectivity index (χ3v) is 4.54. The molecule has 1 aliphatic carbocycles. The van der Waals surface area contributed by atoms with Gasteiger partial charge >= 0.3 is 0 Å². The highest BCUT2D eigenvalue weighted by atomic mass is 79.9. The van der Waals surface area contributed by atoms with E-state index < -0.39 is 0 Å². The van der Waals surface area contributed by atoms with E-state index in [9.17, 15) is 0 Å². The minimum absolute atomic E-state index is 0.732. The van der Waals surface area contributed by atoms with Crippen LogP contribution < -0.4 is 4.74 Å². The molecule has 0 N–H and O–H groups in total. The van der Waals surface area contributed by atoms with Gasteiger partial charge in [0.2, 0.25) is 0 Å². The second kappa shape index (κ2) is 6.08. The Bertz CT molecular complexity index is 478. The Morgan fingerprint density at radius 3 is 2.89 bits per heavy atom. The summed E-state index contributed by atoms with van der Waals surface area (Å²) < 4.78 is 7.18. The molecule has 1 aromatic rings. The third kappa shape index (κ3) is 3.19. The monoisotopic (exact) mass is 321 g/mol. The molecule has 1 aromatic carbocycles. The van der Waals surface area contributed by atoms with Crippen LogP contribution in [0.25, 0.3) is 0 Å². The number of halogens is 1. The molecular formula is C16H20BrNO. The van der Waals surface area contributed by atoms with E-state index in [1.807, 2.05) is 6.21 Å². The highest BCUT2D eigenvalue weighted by Crippen LogP contribution is 2.38. The van der Waals surface area contributed by atoms with Crippen molar-refractivity contribution in [2.45, 2.75) is 44.9 Å². The Balaban J connectivity index is 1.73. The minimum Gasteiger partial charge on any atom is -0.491 e. The standard InChI is InChI=1S/C16H20BrNO/c17-14-9-13-7-4-8-18-16(13)15(10-14)19-11-12-5-2-1-3-6-12/h8-10,12H,1-7,11H2. The fourth-order valence-electron chi connectivity index (χ4n) is 3.01. The number of benzene rings is 1. The van der Waals surface area contributed by atoms with Gasteiger partial charge in [-0.2, -0.15) is 0 Å². The molecule has 0 atom stereocenters. The van der Waals surface area contributed by atoms with Crippen LogP contribution in [0.15, 0.2) is 21.6 Å². The highest BCUT2D eigenvalue weighted by Gasteiger charge is 2.17. The normalized spacial score (nSPS) is 19.2. The maximum atomic E-state index is 6.08. The first-order chi connectivity index (χ1) is 9.33. The molecule has 1 heterocycles. The summed E-state index contributed by atoms with van der Waals surface area (Å²) in [6, 6.07) is 4.23. The van der Waals surface area contributed by atoms with Gasteiger partial charge in [0.25, 0.3) is 0 Å². The molecule has 3 rings (SSSR count). The van der Waals surface area contributed by atoms with Crippen LogP contribution in [0.5, 0.6) is 5.75 Å². The Morgan fingerprint density at radius 1 is 1.21 bits per heavy atom. The van der Waals surface area contributed by atoms with E-state index in [0.29, 0.717) is 0 Å². The van der Waals surface area contributed by atoms with E-state index in [0.717, 1.165) is 41.3 Å². The number of fused-ring (bicyclic) bond motifs is 1. The Morgan fingerprint density at radius 2 is 2.05 bits per heavy atom. The first-order valence-corrected chi connectivity index (χ1v) is 8.10. The molecule has 0 amide bonds. The van der Waals surface area contributed by atoms with E-state index in [2.05, 4.69) is 33.1 Å². The number of aryl methyl sites for hydroxylation is 1. The first-order valence-electron chi connectivity index (χ1n) is 7.30. The molecule has 0 unspecified atom stereocenters. The van der Waals surface area contributed by atoms with E-state index in [4.69, 9.17) is 4.74 Å². The highest BCUT2D eigenvalue weighted by molar-refractivity contribution is 9.10. The van der Waals surface area contributed by atoms with Gasteiger partial charge in [-0.1, -0.05) is 35.2 Å². The summed E-state index contributed by atoms with van der Waals surface area (Å²) in [6.07, 6.45) is 10.9. The molecule has 0 saturated heterocycles. The number of aliphatic imine (C=N–C) groups is 1.